The summed E-state index contributed by atoms with van der Waals surface area (Å²) in [6.45, 7) is 0. The van der Waals surface area contributed by atoms with Crippen LogP contribution < -0.4 is 5.32 Å². The Morgan fingerprint density at radius 1 is 1.18 bits per heavy atom. The van der Waals surface area contributed by atoms with Crippen molar-refractivity contribution in [1.82, 2.24) is 15.2 Å². The highest BCUT2D eigenvalue weighted by Gasteiger charge is 2.29. The number of nitrogens with zero attached hydrogens (tertiary/aromatic N) is 3. The Labute approximate surface area is 127 Å². The maximum absolute atomic E-state index is 12.0. The van der Waals surface area contributed by atoms with E-state index in [1.54, 1.807) is 0 Å². The summed E-state index contributed by atoms with van der Waals surface area (Å²) in [6, 6.07) is 0.307. The number of nitrogens with one attached hydrogen (secondary N) is 1. The Balaban J connectivity index is 1.31. The predicted octanol–water partition coefficient (Wildman–Crippen LogP) is 2.39. The first-order chi connectivity index (χ1) is 10.8. The average Bonchev–Trinajstić information content (AvgIpc) is 3.11. The summed E-state index contributed by atoms with van der Waals surface area (Å²) in [5.41, 5.74) is 0.979. The van der Waals surface area contributed by atoms with E-state index in [1.807, 2.05) is 0 Å². The molecule has 2 aliphatic carbocycles. The summed E-state index contributed by atoms with van der Waals surface area (Å²) in [5.74, 6) is 2.42. The molecule has 1 amide bonds. The van der Waals surface area contributed by atoms with Crippen molar-refractivity contribution in [1.29, 1.82) is 0 Å². The van der Waals surface area contributed by atoms with Gasteiger partial charge in [0, 0.05) is 25.2 Å². The molecule has 2 heterocycles. The molecular formula is C15H18N4O3. The lowest BCUT2D eigenvalue weighted by molar-refractivity contribution is -0.116. The van der Waals surface area contributed by atoms with E-state index in [-0.39, 0.29) is 12.3 Å². The molecular weight excluding hydrogens is 284 g/mol. The molecule has 2 aromatic heterocycles. The van der Waals surface area contributed by atoms with Gasteiger partial charge in [-0.3, -0.25) is 10.1 Å². The third-order valence-corrected chi connectivity index (χ3v) is 4.07. The van der Waals surface area contributed by atoms with Crippen LogP contribution in [0.1, 0.15) is 61.3 Å². The highest BCUT2D eigenvalue weighted by atomic mass is 16.4. The third kappa shape index (κ3) is 2.88. The van der Waals surface area contributed by atoms with Gasteiger partial charge < -0.3 is 8.83 Å². The van der Waals surface area contributed by atoms with Gasteiger partial charge >= 0.3 is 6.01 Å². The van der Waals surface area contributed by atoms with Crippen molar-refractivity contribution in [3.63, 3.8) is 0 Å². The molecule has 0 radical (unpaired) electrons. The molecule has 0 aromatic carbocycles. The van der Waals surface area contributed by atoms with Crippen LogP contribution >= 0.6 is 0 Å². The van der Waals surface area contributed by atoms with Crippen molar-refractivity contribution in [3.05, 3.63) is 23.2 Å². The monoisotopic (exact) mass is 302 g/mol. The summed E-state index contributed by atoms with van der Waals surface area (Å²) in [6.07, 6.45) is 7.05. The first kappa shape index (κ1) is 13.5. The van der Waals surface area contributed by atoms with Crippen LogP contribution in [0.4, 0.5) is 6.01 Å². The minimum Gasteiger partial charge on any atom is -0.428 e. The topological polar surface area (TPSA) is 94.0 Å². The lowest BCUT2D eigenvalue weighted by Crippen LogP contribution is -2.12. The number of amides is 1. The number of carbonyl (C=O) groups excluding carboxylic acids is 1. The molecule has 7 nitrogen and oxygen atoms in total. The first-order valence-corrected chi connectivity index (χ1v) is 7.88. The number of anilines is 1. The van der Waals surface area contributed by atoms with Crippen LogP contribution in [0.2, 0.25) is 0 Å². The zero-order valence-corrected chi connectivity index (χ0v) is 12.3. The molecule has 0 saturated heterocycles. The van der Waals surface area contributed by atoms with Crippen molar-refractivity contribution in [2.75, 3.05) is 5.32 Å². The number of fused-ring (bicyclic) bond motifs is 1. The van der Waals surface area contributed by atoms with E-state index in [4.69, 9.17) is 8.83 Å². The van der Waals surface area contributed by atoms with Crippen LogP contribution in [0.15, 0.2) is 8.83 Å². The van der Waals surface area contributed by atoms with Gasteiger partial charge in [-0.1, -0.05) is 0 Å². The number of hydrogen-bond acceptors (Lipinski definition) is 6. The van der Waals surface area contributed by atoms with Gasteiger partial charge in [-0.15, -0.1) is 10.2 Å². The highest BCUT2D eigenvalue weighted by molar-refractivity contribution is 5.88. The Morgan fingerprint density at radius 2 is 2.05 bits per heavy atom. The van der Waals surface area contributed by atoms with Crippen LogP contribution in [0.3, 0.4) is 0 Å². The molecule has 1 N–H and O–H groups in total. The second-order valence-corrected chi connectivity index (χ2v) is 5.95. The number of rotatable bonds is 5. The fourth-order valence-electron chi connectivity index (χ4n) is 2.67. The van der Waals surface area contributed by atoms with Crippen LogP contribution in [0.25, 0.3) is 0 Å². The van der Waals surface area contributed by atoms with Gasteiger partial charge in [0.1, 0.15) is 5.76 Å². The molecule has 22 heavy (non-hydrogen) atoms. The van der Waals surface area contributed by atoms with E-state index in [0.29, 0.717) is 30.1 Å². The maximum Gasteiger partial charge on any atom is 0.301 e. The zero-order valence-electron chi connectivity index (χ0n) is 12.3. The van der Waals surface area contributed by atoms with E-state index in [2.05, 4.69) is 20.5 Å². The molecule has 116 valence electrons. The van der Waals surface area contributed by atoms with E-state index < -0.39 is 0 Å². The molecule has 0 atom stereocenters. The van der Waals surface area contributed by atoms with E-state index in [0.717, 1.165) is 50.0 Å². The van der Waals surface area contributed by atoms with Crippen molar-refractivity contribution < 1.29 is 13.6 Å². The quantitative estimate of drug-likeness (QED) is 0.911. The molecule has 0 spiro atoms. The number of hydrogen-bond donors (Lipinski definition) is 1. The fraction of sp³-hybridized carbons (Fsp3) is 0.600. The van der Waals surface area contributed by atoms with Crippen LogP contribution in [0.5, 0.6) is 0 Å². The molecule has 2 aliphatic rings. The van der Waals surface area contributed by atoms with Crippen molar-refractivity contribution in [2.24, 2.45) is 0 Å². The molecule has 0 unspecified atom stereocenters. The van der Waals surface area contributed by atoms with Crippen LogP contribution in [-0.2, 0) is 24.1 Å². The summed E-state index contributed by atoms with van der Waals surface area (Å²) < 4.78 is 11.1. The first-order valence-electron chi connectivity index (χ1n) is 7.88. The van der Waals surface area contributed by atoms with E-state index in [1.165, 1.54) is 0 Å². The van der Waals surface area contributed by atoms with Gasteiger partial charge in [-0.05, 0) is 32.1 Å². The average molecular weight is 302 g/mol. The number of aromatic nitrogens is 3. The predicted molar refractivity (Wildman–Crippen MR) is 76.4 cm³/mol. The highest BCUT2D eigenvalue weighted by Crippen LogP contribution is 2.39. The molecule has 1 saturated carbocycles. The third-order valence-electron chi connectivity index (χ3n) is 4.07. The summed E-state index contributed by atoms with van der Waals surface area (Å²) in [4.78, 5) is 16.3. The molecule has 0 aliphatic heterocycles. The summed E-state index contributed by atoms with van der Waals surface area (Å²) in [5, 5.41) is 10.7. The van der Waals surface area contributed by atoms with Crippen molar-refractivity contribution >= 4 is 11.9 Å². The standard InChI is InChI=1S/C15H18N4O3/c20-12(7-8-13-18-19-14(22-13)9-5-6-9)17-15-16-10-3-1-2-4-11(10)21-15/h9H,1-8H2,(H,16,17,20). The number of oxazole rings is 1. The van der Waals surface area contributed by atoms with Gasteiger partial charge in [0.15, 0.2) is 0 Å². The number of aryl methyl sites for hydroxylation is 3. The molecule has 0 bridgehead atoms. The normalized spacial score (nSPS) is 17.3. The Hall–Kier alpha value is -2.18. The lowest BCUT2D eigenvalue weighted by Gasteiger charge is -2.05. The SMILES string of the molecule is O=C(CCc1nnc(C2CC2)o1)Nc1nc2c(o1)CCCC2. The zero-order chi connectivity index (χ0) is 14.9. The maximum atomic E-state index is 12.0. The molecule has 2 aromatic rings. The largest absolute Gasteiger partial charge is 0.428 e. The molecule has 7 heteroatoms. The Bertz CT molecular complexity index is 663. The minimum atomic E-state index is -0.148. The Kier molecular flexibility index (Phi) is 3.40. The van der Waals surface area contributed by atoms with Crippen LogP contribution in [-0.4, -0.2) is 21.1 Å². The van der Waals surface area contributed by atoms with Crippen molar-refractivity contribution in [3.8, 4) is 0 Å². The van der Waals surface area contributed by atoms with Gasteiger partial charge in [0.25, 0.3) is 0 Å². The number of carbonyl (C=O) groups is 1. The fourth-order valence-corrected chi connectivity index (χ4v) is 2.67. The Morgan fingerprint density at radius 3 is 2.86 bits per heavy atom. The minimum absolute atomic E-state index is 0.148. The second-order valence-electron chi connectivity index (χ2n) is 5.95. The summed E-state index contributed by atoms with van der Waals surface area (Å²) >= 11 is 0. The van der Waals surface area contributed by atoms with Gasteiger partial charge in [-0.2, -0.15) is 4.98 Å². The summed E-state index contributed by atoms with van der Waals surface area (Å²) in [7, 11) is 0. The smallest absolute Gasteiger partial charge is 0.301 e. The van der Waals surface area contributed by atoms with Crippen LogP contribution in [0, 0.1) is 0 Å². The second kappa shape index (κ2) is 5.55. The van der Waals surface area contributed by atoms with Crippen molar-refractivity contribution in [2.45, 2.75) is 57.3 Å². The van der Waals surface area contributed by atoms with E-state index in [9.17, 15) is 4.79 Å². The van der Waals surface area contributed by atoms with E-state index >= 15 is 0 Å². The lowest BCUT2D eigenvalue weighted by atomic mass is 10.0. The van der Waals surface area contributed by atoms with Gasteiger partial charge in [-0.25, -0.2) is 0 Å². The molecule has 1 fully saturated rings. The van der Waals surface area contributed by atoms with Gasteiger partial charge in [0.05, 0.1) is 5.69 Å². The molecule has 4 rings (SSSR count). The van der Waals surface area contributed by atoms with Gasteiger partial charge in [0.2, 0.25) is 17.7 Å².